The largest absolute Gasteiger partial charge is 0.352 e. The molecule has 17 heavy (non-hydrogen) atoms. The van der Waals surface area contributed by atoms with Crippen molar-refractivity contribution in [3.05, 3.63) is 0 Å². The van der Waals surface area contributed by atoms with E-state index in [1.54, 1.807) is 4.90 Å². The molecule has 1 N–H and O–H groups in total. The van der Waals surface area contributed by atoms with E-state index in [2.05, 4.69) is 19.2 Å². The fourth-order valence-corrected chi connectivity index (χ4v) is 1.49. The van der Waals surface area contributed by atoms with Gasteiger partial charge in [0.25, 0.3) is 0 Å². The van der Waals surface area contributed by atoms with Crippen LogP contribution < -0.4 is 5.32 Å². The van der Waals surface area contributed by atoms with E-state index < -0.39 is 0 Å². The Morgan fingerprint density at radius 1 is 1.18 bits per heavy atom. The van der Waals surface area contributed by atoms with Crippen LogP contribution in [0.1, 0.15) is 47.5 Å². The number of nitrogens with zero attached hydrogens (tertiary/aromatic N) is 1. The number of hydrogen-bond acceptors (Lipinski definition) is 2. The van der Waals surface area contributed by atoms with Gasteiger partial charge in [0.05, 0.1) is 6.54 Å². The van der Waals surface area contributed by atoms with Crippen LogP contribution in [0.15, 0.2) is 0 Å². The average Bonchev–Trinajstić information content (AvgIpc) is 2.21. The van der Waals surface area contributed by atoms with Gasteiger partial charge in [0.2, 0.25) is 11.8 Å². The maximum absolute atomic E-state index is 11.8. The van der Waals surface area contributed by atoms with Gasteiger partial charge < -0.3 is 10.2 Å². The summed E-state index contributed by atoms with van der Waals surface area (Å²) >= 11 is 0. The first-order valence-electron chi connectivity index (χ1n) is 6.43. The van der Waals surface area contributed by atoms with Gasteiger partial charge in [0.15, 0.2) is 0 Å². The summed E-state index contributed by atoms with van der Waals surface area (Å²) in [5.41, 5.74) is 0. The average molecular weight is 242 g/mol. The molecule has 0 bridgehead atoms. The molecule has 0 aromatic carbocycles. The quantitative estimate of drug-likeness (QED) is 0.740. The molecule has 100 valence electrons. The molecule has 0 unspecified atom stereocenters. The van der Waals surface area contributed by atoms with E-state index in [1.807, 2.05) is 20.8 Å². The van der Waals surface area contributed by atoms with E-state index in [0.29, 0.717) is 18.9 Å². The van der Waals surface area contributed by atoms with Crippen LogP contribution in [-0.4, -0.2) is 35.8 Å². The highest BCUT2D eigenvalue weighted by molar-refractivity contribution is 5.84. The molecule has 0 aromatic heterocycles. The number of hydrogen-bond donors (Lipinski definition) is 1. The minimum absolute atomic E-state index is 0.0695. The molecule has 0 saturated heterocycles. The molecular weight excluding hydrogens is 216 g/mol. The number of nitrogens with one attached hydrogen (secondary N) is 1. The van der Waals surface area contributed by atoms with Crippen LogP contribution in [0.4, 0.5) is 0 Å². The Bertz CT molecular complexity index is 250. The lowest BCUT2D eigenvalue weighted by Gasteiger charge is -2.21. The van der Waals surface area contributed by atoms with Crippen molar-refractivity contribution in [3.63, 3.8) is 0 Å². The number of rotatable bonds is 7. The monoisotopic (exact) mass is 242 g/mol. The smallest absolute Gasteiger partial charge is 0.239 e. The lowest BCUT2D eigenvalue weighted by molar-refractivity contribution is -0.136. The van der Waals surface area contributed by atoms with Crippen molar-refractivity contribution in [2.45, 2.75) is 53.5 Å². The summed E-state index contributed by atoms with van der Waals surface area (Å²) in [5, 5.41) is 2.79. The van der Waals surface area contributed by atoms with Gasteiger partial charge in [0, 0.05) is 19.0 Å². The summed E-state index contributed by atoms with van der Waals surface area (Å²) in [6.45, 7) is 10.7. The summed E-state index contributed by atoms with van der Waals surface area (Å²) in [6.07, 6.45) is 1.40. The number of likely N-dealkylation sites (N-methyl/N-ethyl adjacent to an activating group) is 1. The number of carbonyl (C=O) groups excluding carboxylic acids is 2. The molecule has 0 aromatic rings. The summed E-state index contributed by atoms with van der Waals surface area (Å²) in [4.78, 5) is 25.0. The Balaban J connectivity index is 4.13. The van der Waals surface area contributed by atoms with Crippen LogP contribution in [0.3, 0.4) is 0 Å². The molecule has 0 aliphatic rings. The van der Waals surface area contributed by atoms with E-state index in [9.17, 15) is 9.59 Å². The molecule has 0 aliphatic carbocycles. The molecular formula is C13H26N2O2. The number of carbonyl (C=O) groups is 2. The van der Waals surface area contributed by atoms with E-state index in [4.69, 9.17) is 0 Å². The minimum Gasteiger partial charge on any atom is -0.352 e. The van der Waals surface area contributed by atoms with Gasteiger partial charge in [-0.25, -0.2) is 0 Å². The summed E-state index contributed by atoms with van der Waals surface area (Å²) in [5.74, 6) is 0.502. The highest BCUT2D eigenvalue weighted by atomic mass is 16.2. The van der Waals surface area contributed by atoms with Gasteiger partial charge in [-0.2, -0.15) is 0 Å². The molecule has 4 nitrogen and oxygen atoms in total. The fourth-order valence-electron chi connectivity index (χ4n) is 1.49. The third kappa shape index (κ3) is 7.77. The van der Waals surface area contributed by atoms with Crippen LogP contribution >= 0.6 is 0 Å². The molecule has 0 heterocycles. The van der Waals surface area contributed by atoms with Gasteiger partial charge in [-0.1, -0.05) is 13.8 Å². The van der Waals surface area contributed by atoms with Gasteiger partial charge in [-0.05, 0) is 33.1 Å². The van der Waals surface area contributed by atoms with E-state index in [0.717, 1.165) is 6.42 Å². The summed E-state index contributed by atoms with van der Waals surface area (Å²) in [7, 11) is 0. The van der Waals surface area contributed by atoms with Crippen molar-refractivity contribution in [2.24, 2.45) is 5.92 Å². The minimum atomic E-state index is -0.0836. The van der Waals surface area contributed by atoms with Gasteiger partial charge in [-0.15, -0.1) is 0 Å². The topological polar surface area (TPSA) is 49.4 Å². The Morgan fingerprint density at radius 2 is 1.76 bits per heavy atom. The standard InChI is InChI=1S/C13H26N2O2/c1-6-15(9-12(16)14-11(4)5)13(17)8-7-10(2)3/h10-11H,6-9H2,1-5H3,(H,14,16). The lowest BCUT2D eigenvalue weighted by Crippen LogP contribution is -2.42. The lowest BCUT2D eigenvalue weighted by atomic mass is 10.1. The summed E-state index contributed by atoms with van der Waals surface area (Å²) in [6, 6.07) is 0.118. The zero-order chi connectivity index (χ0) is 13.4. The van der Waals surface area contributed by atoms with Crippen molar-refractivity contribution >= 4 is 11.8 Å². The summed E-state index contributed by atoms with van der Waals surface area (Å²) < 4.78 is 0. The second-order valence-electron chi connectivity index (χ2n) is 5.06. The van der Waals surface area contributed by atoms with Crippen molar-refractivity contribution in [1.82, 2.24) is 10.2 Å². The van der Waals surface area contributed by atoms with Gasteiger partial charge in [-0.3, -0.25) is 9.59 Å². The molecule has 4 heteroatoms. The van der Waals surface area contributed by atoms with Crippen molar-refractivity contribution in [2.75, 3.05) is 13.1 Å². The van der Waals surface area contributed by atoms with Crippen LogP contribution in [-0.2, 0) is 9.59 Å². The molecule has 0 aliphatic heterocycles. The maximum atomic E-state index is 11.8. The van der Waals surface area contributed by atoms with Crippen LogP contribution in [0.5, 0.6) is 0 Å². The molecule has 2 amide bonds. The Labute approximate surface area is 105 Å². The highest BCUT2D eigenvalue weighted by Crippen LogP contribution is 2.06. The van der Waals surface area contributed by atoms with Crippen LogP contribution in [0.25, 0.3) is 0 Å². The predicted molar refractivity (Wildman–Crippen MR) is 69.6 cm³/mol. The molecule has 0 radical (unpaired) electrons. The van der Waals surface area contributed by atoms with Crippen molar-refractivity contribution in [1.29, 1.82) is 0 Å². The van der Waals surface area contributed by atoms with Crippen LogP contribution in [0, 0.1) is 5.92 Å². The van der Waals surface area contributed by atoms with Gasteiger partial charge >= 0.3 is 0 Å². The molecule has 0 fully saturated rings. The Morgan fingerprint density at radius 3 is 2.18 bits per heavy atom. The normalized spacial score (nSPS) is 10.8. The molecule has 0 atom stereocenters. The Hall–Kier alpha value is -1.06. The molecule has 0 saturated carbocycles. The number of amides is 2. The van der Waals surface area contributed by atoms with Gasteiger partial charge in [0.1, 0.15) is 0 Å². The predicted octanol–water partition coefficient (Wildman–Crippen LogP) is 1.80. The molecule has 0 spiro atoms. The van der Waals surface area contributed by atoms with Crippen molar-refractivity contribution < 1.29 is 9.59 Å². The fraction of sp³-hybridized carbons (Fsp3) is 0.846. The zero-order valence-electron chi connectivity index (χ0n) is 11.7. The first-order chi connectivity index (χ1) is 7.86. The second kappa shape index (κ2) is 8.09. The Kier molecular flexibility index (Phi) is 7.59. The zero-order valence-corrected chi connectivity index (χ0v) is 11.7. The third-order valence-corrected chi connectivity index (χ3v) is 2.45. The van der Waals surface area contributed by atoms with Crippen LogP contribution in [0.2, 0.25) is 0 Å². The second-order valence-corrected chi connectivity index (χ2v) is 5.06. The maximum Gasteiger partial charge on any atom is 0.239 e. The molecule has 0 rings (SSSR count). The van der Waals surface area contributed by atoms with E-state index >= 15 is 0 Å². The van der Waals surface area contributed by atoms with E-state index in [-0.39, 0.29) is 24.4 Å². The third-order valence-electron chi connectivity index (χ3n) is 2.45. The first-order valence-corrected chi connectivity index (χ1v) is 6.43. The highest BCUT2D eigenvalue weighted by Gasteiger charge is 2.15. The first kappa shape index (κ1) is 15.9. The SMILES string of the molecule is CCN(CC(=O)NC(C)C)C(=O)CCC(C)C. The van der Waals surface area contributed by atoms with Crippen molar-refractivity contribution in [3.8, 4) is 0 Å². The van der Waals surface area contributed by atoms with E-state index in [1.165, 1.54) is 0 Å².